The Labute approximate surface area is 183 Å². The zero-order valence-corrected chi connectivity index (χ0v) is 17.3. The summed E-state index contributed by atoms with van der Waals surface area (Å²) in [7, 11) is 0. The molecule has 0 bridgehead atoms. The number of aromatic amines is 1. The summed E-state index contributed by atoms with van der Waals surface area (Å²) in [5.41, 5.74) is 3.07. The number of nitrogens with zero attached hydrogens (tertiary/aromatic N) is 2. The van der Waals surface area contributed by atoms with Crippen molar-refractivity contribution < 1.29 is 28.8 Å². The molecule has 0 radical (unpaired) electrons. The number of ether oxygens (including phenoxy) is 3. The molecule has 0 saturated carbocycles. The number of aromatic nitrogens is 2. The van der Waals surface area contributed by atoms with E-state index in [1.807, 2.05) is 24.3 Å². The van der Waals surface area contributed by atoms with Gasteiger partial charge in [-0.25, -0.2) is 9.37 Å². The molecule has 3 aliphatic heterocycles. The van der Waals surface area contributed by atoms with E-state index in [0.717, 1.165) is 18.7 Å². The minimum absolute atomic E-state index is 0.231. The molecule has 0 spiro atoms. The molecular formula is C23H24FN3O5. The number of anilines is 1. The fourth-order valence-corrected chi connectivity index (χ4v) is 4.79. The Bertz CT molecular complexity index is 1140. The Kier molecular flexibility index (Phi) is 4.80. The van der Waals surface area contributed by atoms with Gasteiger partial charge in [0.05, 0.1) is 30.4 Å². The highest BCUT2D eigenvalue weighted by Crippen LogP contribution is 2.32. The van der Waals surface area contributed by atoms with Gasteiger partial charge < -0.3 is 34.3 Å². The van der Waals surface area contributed by atoms with E-state index in [1.54, 1.807) is 6.07 Å². The molecular weight excluding hydrogens is 417 g/mol. The Morgan fingerprint density at radius 1 is 1.09 bits per heavy atom. The third-order valence-corrected chi connectivity index (χ3v) is 6.46. The molecule has 0 amide bonds. The average molecular weight is 441 g/mol. The minimum Gasteiger partial charge on any atom is -0.470 e. The molecule has 5 heterocycles. The second-order valence-corrected chi connectivity index (χ2v) is 8.64. The third kappa shape index (κ3) is 3.41. The van der Waals surface area contributed by atoms with Crippen LogP contribution in [-0.2, 0) is 9.47 Å². The lowest BCUT2D eigenvalue weighted by molar-refractivity contribution is 0.00794. The van der Waals surface area contributed by atoms with Gasteiger partial charge in [0.25, 0.3) is 0 Å². The second-order valence-electron chi connectivity index (χ2n) is 8.64. The summed E-state index contributed by atoms with van der Waals surface area (Å²) in [6.07, 6.45) is -1.24. The number of hydrogen-bond donors (Lipinski definition) is 3. The standard InChI is InChI=1S/C23H24FN3O5/c24-15-7-16-17(8-20(25-16)32-19-11-31-22-18(29)10-30-23(19)22)26-21(15)12-1-3-13(4-2-12)27-6-5-14(28)9-27/h1-4,7-8,14,18-19,22-23,25,28-29H,5-6,9-11H2/t14-,18+,19+,22+,23+/m0/s1. The lowest BCUT2D eigenvalue weighted by Crippen LogP contribution is -2.34. The van der Waals surface area contributed by atoms with Crippen molar-refractivity contribution in [2.24, 2.45) is 0 Å². The van der Waals surface area contributed by atoms with Crippen LogP contribution in [0.2, 0.25) is 0 Å². The maximum Gasteiger partial charge on any atom is 0.193 e. The van der Waals surface area contributed by atoms with Gasteiger partial charge in [0, 0.05) is 36.5 Å². The van der Waals surface area contributed by atoms with Crippen LogP contribution in [-0.4, -0.2) is 77.0 Å². The number of H-pyrrole nitrogens is 1. The zero-order chi connectivity index (χ0) is 21.8. The first-order chi connectivity index (χ1) is 15.5. The van der Waals surface area contributed by atoms with E-state index in [1.165, 1.54) is 6.07 Å². The number of nitrogens with one attached hydrogen (secondary N) is 1. The number of aliphatic hydroxyl groups excluding tert-OH is 2. The molecule has 168 valence electrons. The van der Waals surface area contributed by atoms with Crippen molar-refractivity contribution in [3.05, 3.63) is 42.2 Å². The molecule has 9 heteroatoms. The molecule has 32 heavy (non-hydrogen) atoms. The first kappa shape index (κ1) is 19.9. The predicted octanol–water partition coefficient (Wildman–Crippen LogP) is 1.85. The Morgan fingerprint density at radius 2 is 1.91 bits per heavy atom. The molecule has 3 fully saturated rings. The quantitative estimate of drug-likeness (QED) is 0.568. The van der Waals surface area contributed by atoms with Crippen LogP contribution in [0.1, 0.15) is 6.42 Å². The smallest absolute Gasteiger partial charge is 0.193 e. The molecule has 0 aliphatic carbocycles. The Balaban J connectivity index is 1.23. The number of aliphatic hydroxyl groups is 2. The summed E-state index contributed by atoms with van der Waals surface area (Å²) >= 11 is 0. The van der Waals surface area contributed by atoms with Crippen LogP contribution in [0.15, 0.2) is 36.4 Å². The van der Waals surface area contributed by atoms with Gasteiger partial charge in [-0.2, -0.15) is 0 Å². The Morgan fingerprint density at radius 3 is 2.69 bits per heavy atom. The molecule has 0 unspecified atom stereocenters. The molecule has 3 N–H and O–H groups in total. The van der Waals surface area contributed by atoms with E-state index < -0.39 is 11.9 Å². The van der Waals surface area contributed by atoms with Gasteiger partial charge >= 0.3 is 0 Å². The summed E-state index contributed by atoms with van der Waals surface area (Å²) in [6.45, 7) is 1.97. The second kappa shape index (κ2) is 7.70. The summed E-state index contributed by atoms with van der Waals surface area (Å²) in [6, 6.07) is 10.7. The summed E-state index contributed by atoms with van der Waals surface area (Å²) in [5, 5.41) is 19.6. The fraction of sp³-hybridized carbons (Fsp3) is 0.435. The first-order valence-corrected chi connectivity index (χ1v) is 10.9. The first-order valence-electron chi connectivity index (χ1n) is 10.9. The zero-order valence-electron chi connectivity index (χ0n) is 17.3. The van der Waals surface area contributed by atoms with Crippen LogP contribution in [0.4, 0.5) is 10.1 Å². The number of rotatable bonds is 4. The number of benzene rings is 1. The normalized spacial score (nSPS) is 29.7. The summed E-state index contributed by atoms with van der Waals surface area (Å²) < 4.78 is 32.0. The average Bonchev–Trinajstić information content (AvgIpc) is 3.55. The van der Waals surface area contributed by atoms with Crippen LogP contribution < -0.4 is 9.64 Å². The van der Waals surface area contributed by atoms with E-state index in [4.69, 9.17) is 14.2 Å². The Hall–Kier alpha value is -2.72. The summed E-state index contributed by atoms with van der Waals surface area (Å²) in [5.74, 6) is 0.0213. The van der Waals surface area contributed by atoms with Gasteiger partial charge in [0.15, 0.2) is 17.8 Å². The maximum absolute atomic E-state index is 14.9. The predicted molar refractivity (Wildman–Crippen MR) is 114 cm³/mol. The largest absolute Gasteiger partial charge is 0.470 e. The van der Waals surface area contributed by atoms with Crippen LogP contribution in [0.25, 0.3) is 22.3 Å². The van der Waals surface area contributed by atoms with E-state index in [9.17, 15) is 14.6 Å². The lowest BCUT2D eigenvalue weighted by Gasteiger charge is -2.18. The van der Waals surface area contributed by atoms with Crippen molar-refractivity contribution >= 4 is 16.7 Å². The van der Waals surface area contributed by atoms with Crippen molar-refractivity contribution in [2.45, 2.75) is 36.9 Å². The van der Waals surface area contributed by atoms with E-state index >= 15 is 0 Å². The van der Waals surface area contributed by atoms with Crippen molar-refractivity contribution in [3.8, 4) is 17.1 Å². The van der Waals surface area contributed by atoms with Gasteiger partial charge in [0.1, 0.15) is 24.0 Å². The molecule has 6 rings (SSSR count). The lowest BCUT2D eigenvalue weighted by atomic mass is 10.1. The van der Waals surface area contributed by atoms with E-state index in [-0.39, 0.29) is 36.7 Å². The van der Waals surface area contributed by atoms with Gasteiger partial charge in [-0.15, -0.1) is 0 Å². The van der Waals surface area contributed by atoms with Crippen molar-refractivity contribution in [1.82, 2.24) is 9.97 Å². The number of fused-ring (bicyclic) bond motifs is 2. The van der Waals surface area contributed by atoms with Gasteiger partial charge in [-0.05, 0) is 18.6 Å². The van der Waals surface area contributed by atoms with E-state index in [0.29, 0.717) is 35.6 Å². The van der Waals surface area contributed by atoms with Gasteiger partial charge in [-0.1, -0.05) is 12.1 Å². The minimum atomic E-state index is -0.642. The summed E-state index contributed by atoms with van der Waals surface area (Å²) in [4.78, 5) is 9.68. The van der Waals surface area contributed by atoms with Crippen LogP contribution >= 0.6 is 0 Å². The van der Waals surface area contributed by atoms with E-state index in [2.05, 4.69) is 14.9 Å². The number of hydrogen-bond acceptors (Lipinski definition) is 7. The van der Waals surface area contributed by atoms with Crippen LogP contribution in [0.5, 0.6) is 5.88 Å². The van der Waals surface area contributed by atoms with Crippen molar-refractivity contribution in [3.63, 3.8) is 0 Å². The third-order valence-electron chi connectivity index (χ3n) is 6.46. The van der Waals surface area contributed by atoms with Gasteiger partial charge in [-0.3, -0.25) is 0 Å². The SMILES string of the molecule is O[C@H]1CCN(c2ccc(-c3nc4cc(O[C@@H]5CO[C@H]6[C@@H]5OC[C@H]6O)[nH]c4cc3F)cc2)C1. The van der Waals surface area contributed by atoms with Crippen molar-refractivity contribution in [2.75, 3.05) is 31.2 Å². The maximum atomic E-state index is 14.9. The number of pyridine rings is 1. The molecule has 3 aromatic rings. The van der Waals surface area contributed by atoms with Crippen LogP contribution in [0, 0.1) is 5.82 Å². The molecule has 2 aromatic heterocycles. The number of halogens is 1. The molecule has 1 aromatic carbocycles. The topological polar surface area (TPSA) is 100 Å². The molecule has 5 atom stereocenters. The molecule has 3 aliphatic rings. The number of β-amino-alcohol motifs (C(OH)–C–C–N with tert-alkyl or cyclic N) is 1. The van der Waals surface area contributed by atoms with Crippen molar-refractivity contribution in [1.29, 1.82) is 0 Å². The molecule has 3 saturated heterocycles. The molecule has 8 nitrogen and oxygen atoms in total. The highest BCUT2D eigenvalue weighted by molar-refractivity contribution is 5.81. The highest BCUT2D eigenvalue weighted by atomic mass is 19.1. The fourth-order valence-electron chi connectivity index (χ4n) is 4.79. The monoisotopic (exact) mass is 441 g/mol. The van der Waals surface area contributed by atoms with Crippen LogP contribution in [0.3, 0.4) is 0 Å². The highest BCUT2D eigenvalue weighted by Gasteiger charge is 2.48. The van der Waals surface area contributed by atoms with Gasteiger partial charge in [0.2, 0.25) is 0 Å².